The van der Waals surface area contributed by atoms with Gasteiger partial charge in [0.05, 0.1) is 0 Å². The van der Waals surface area contributed by atoms with Crippen LogP contribution in [0, 0.1) is 0 Å². The Hall–Kier alpha value is -0.940. The molecule has 0 aliphatic rings. The first-order valence-corrected chi connectivity index (χ1v) is 6.69. The van der Waals surface area contributed by atoms with Gasteiger partial charge in [0, 0.05) is 6.04 Å². The summed E-state index contributed by atoms with van der Waals surface area (Å²) in [4.78, 5) is 4.31. The van der Waals surface area contributed by atoms with Crippen molar-refractivity contribution < 1.29 is 0 Å². The normalized spacial score (nSPS) is 12.2. The van der Waals surface area contributed by atoms with Crippen molar-refractivity contribution in [3.8, 4) is 0 Å². The predicted molar refractivity (Wildman–Crippen MR) is 72.7 cm³/mol. The Morgan fingerprint density at radius 2 is 2.19 bits per heavy atom. The van der Waals surface area contributed by atoms with Crippen molar-refractivity contribution in [1.82, 2.24) is 4.98 Å². The molecule has 0 fully saturated rings. The van der Waals surface area contributed by atoms with E-state index >= 15 is 0 Å². The first kappa shape index (κ1) is 13.1. The van der Waals surface area contributed by atoms with Crippen LogP contribution in [-0.2, 0) is 0 Å². The van der Waals surface area contributed by atoms with Crippen molar-refractivity contribution in [2.24, 2.45) is 5.84 Å². The molecule has 0 aliphatic heterocycles. The minimum atomic E-state index is 0.430. The van der Waals surface area contributed by atoms with Gasteiger partial charge in [-0.3, -0.25) is 0 Å². The monoisotopic (exact) mass is 240 g/mol. The summed E-state index contributed by atoms with van der Waals surface area (Å²) in [6, 6.07) is 6.14. The molecule has 0 saturated carbocycles. The molecule has 1 unspecified atom stereocenters. The molecule has 0 radical (unpaired) electrons. The number of nitrogens with zero attached hydrogens (tertiary/aromatic N) is 1. The fourth-order valence-corrected chi connectivity index (χ4v) is 2.13. The second-order valence-electron chi connectivity index (χ2n) is 3.58. The number of hydrogen-bond donors (Lipinski definition) is 3. The van der Waals surface area contributed by atoms with Gasteiger partial charge in [0.2, 0.25) is 0 Å². The number of hydrazine groups is 1. The maximum Gasteiger partial charge on any atom is 0.142 e. The largest absolute Gasteiger partial charge is 0.368 e. The van der Waals surface area contributed by atoms with Crippen LogP contribution in [0.2, 0.25) is 0 Å². The van der Waals surface area contributed by atoms with E-state index in [-0.39, 0.29) is 0 Å². The van der Waals surface area contributed by atoms with Crippen molar-refractivity contribution in [3.05, 3.63) is 18.2 Å². The fourth-order valence-electron chi connectivity index (χ4n) is 1.32. The Labute approximate surface area is 101 Å². The number of pyridine rings is 1. The Balaban J connectivity index is 2.39. The van der Waals surface area contributed by atoms with Crippen LogP contribution in [0.25, 0.3) is 0 Å². The van der Waals surface area contributed by atoms with E-state index in [9.17, 15) is 0 Å². The average Bonchev–Trinajstić information content (AvgIpc) is 2.29. The van der Waals surface area contributed by atoms with Gasteiger partial charge in [-0.05, 0) is 37.0 Å². The predicted octanol–water partition coefficient (Wildman–Crippen LogP) is 2.31. The summed E-state index contributed by atoms with van der Waals surface area (Å²) in [5, 5.41) is 3.36. The van der Waals surface area contributed by atoms with Gasteiger partial charge in [0.25, 0.3) is 0 Å². The maximum absolute atomic E-state index is 5.30. The van der Waals surface area contributed by atoms with Gasteiger partial charge in [0.1, 0.15) is 11.6 Å². The van der Waals surface area contributed by atoms with Crippen LogP contribution in [0.1, 0.15) is 20.3 Å². The zero-order chi connectivity index (χ0) is 11.8. The SMILES string of the molecule is CCSCCC(C)Nc1cccc(NN)n1. The van der Waals surface area contributed by atoms with Gasteiger partial charge >= 0.3 is 0 Å². The summed E-state index contributed by atoms with van der Waals surface area (Å²) in [7, 11) is 0. The molecular formula is C11H20N4S. The van der Waals surface area contributed by atoms with E-state index in [0.29, 0.717) is 11.9 Å². The average molecular weight is 240 g/mol. The molecule has 0 saturated heterocycles. The number of anilines is 2. The van der Waals surface area contributed by atoms with Gasteiger partial charge in [0.15, 0.2) is 0 Å². The number of thioether (sulfide) groups is 1. The Morgan fingerprint density at radius 3 is 2.88 bits per heavy atom. The summed E-state index contributed by atoms with van der Waals surface area (Å²) >= 11 is 1.96. The van der Waals surface area contributed by atoms with Gasteiger partial charge < -0.3 is 10.7 Å². The minimum Gasteiger partial charge on any atom is -0.368 e. The van der Waals surface area contributed by atoms with E-state index in [0.717, 1.165) is 12.2 Å². The lowest BCUT2D eigenvalue weighted by molar-refractivity contribution is 0.767. The second-order valence-corrected chi connectivity index (χ2v) is 4.98. The standard InChI is InChI=1S/C11H20N4S/c1-3-16-8-7-9(2)13-10-5-4-6-11(14-10)15-12/h4-6,9H,3,7-8,12H2,1-2H3,(H2,13,14,15). The highest BCUT2D eigenvalue weighted by molar-refractivity contribution is 7.99. The zero-order valence-corrected chi connectivity index (χ0v) is 10.7. The zero-order valence-electron chi connectivity index (χ0n) is 9.86. The minimum absolute atomic E-state index is 0.430. The molecule has 0 amide bonds. The third-order valence-corrected chi connectivity index (χ3v) is 3.12. The lowest BCUT2D eigenvalue weighted by Gasteiger charge is -2.14. The molecule has 1 aromatic heterocycles. The van der Waals surface area contributed by atoms with Crippen LogP contribution < -0.4 is 16.6 Å². The Morgan fingerprint density at radius 1 is 1.44 bits per heavy atom. The summed E-state index contributed by atoms with van der Waals surface area (Å²) in [6.07, 6.45) is 1.14. The highest BCUT2D eigenvalue weighted by Crippen LogP contribution is 2.11. The van der Waals surface area contributed by atoms with Crippen molar-refractivity contribution in [3.63, 3.8) is 0 Å². The third kappa shape index (κ3) is 4.72. The highest BCUT2D eigenvalue weighted by Gasteiger charge is 2.03. The van der Waals surface area contributed by atoms with Crippen molar-refractivity contribution in [2.75, 3.05) is 22.2 Å². The first-order chi connectivity index (χ1) is 7.76. The van der Waals surface area contributed by atoms with Gasteiger partial charge in [-0.2, -0.15) is 11.8 Å². The van der Waals surface area contributed by atoms with Crippen LogP contribution in [0.4, 0.5) is 11.6 Å². The maximum atomic E-state index is 5.30. The molecule has 0 aromatic carbocycles. The molecule has 4 N–H and O–H groups in total. The van der Waals surface area contributed by atoms with Gasteiger partial charge in [-0.15, -0.1) is 0 Å². The molecule has 1 atom stereocenters. The van der Waals surface area contributed by atoms with Crippen LogP contribution in [0.5, 0.6) is 0 Å². The molecule has 5 heteroatoms. The van der Waals surface area contributed by atoms with Crippen molar-refractivity contribution >= 4 is 23.4 Å². The number of nitrogens with two attached hydrogens (primary N) is 1. The van der Waals surface area contributed by atoms with Crippen molar-refractivity contribution in [1.29, 1.82) is 0 Å². The van der Waals surface area contributed by atoms with Crippen LogP contribution in [0.3, 0.4) is 0 Å². The van der Waals surface area contributed by atoms with E-state index < -0.39 is 0 Å². The fraction of sp³-hybridized carbons (Fsp3) is 0.545. The molecule has 16 heavy (non-hydrogen) atoms. The van der Waals surface area contributed by atoms with E-state index in [2.05, 4.69) is 29.6 Å². The van der Waals surface area contributed by atoms with Crippen LogP contribution >= 0.6 is 11.8 Å². The molecular weight excluding hydrogens is 220 g/mol. The quantitative estimate of drug-likeness (QED) is 0.388. The summed E-state index contributed by atoms with van der Waals surface area (Å²) in [5.41, 5.74) is 2.54. The number of hydrogen-bond acceptors (Lipinski definition) is 5. The lowest BCUT2D eigenvalue weighted by Crippen LogP contribution is -2.17. The number of aromatic nitrogens is 1. The molecule has 1 heterocycles. The topological polar surface area (TPSA) is 63.0 Å². The van der Waals surface area contributed by atoms with Gasteiger partial charge in [-0.25, -0.2) is 10.8 Å². The molecule has 0 spiro atoms. The third-order valence-electron chi connectivity index (χ3n) is 2.19. The Kier molecular flexibility index (Phi) is 6.03. The number of nitrogen functional groups attached to an aromatic ring is 1. The van der Waals surface area contributed by atoms with Crippen molar-refractivity contribution in [2.45, 2.75) is 26.3 Å². The second kappa shape index (κ2) is 7.35. The number of rotatable bonds is 7. The molecule has 0 bridgehead atoms. The highest BCUT2D eigenvalue weighted by atomic mass is 32.2. The molecule has 1 rings (SSSR count). The van der Waals surface area contributed by atoms with E-state index in [1.54, 1.807) is 0 Å². The van der Waals surface area contributed by atoms with E-state index in [4.69, 9.17) is 5.84 Å². The molecule has 0 aliphatic carbocycles. The smallest absolute Gasteiger partial charge is 0.142 e. The van der Waals surface area contributed by atoms with E-state index in [1.165, 1.54) is 11.5 Å². The summed E-state index contributed by atoms with van der Waals surface area (Å²) in [6.45, 7) is 4.35. The first-order valence-electron chi connectivity index (χ1n) is 5.54. The van der Waals surface area contributed by atoms with Gasteiger partial charge in [-0.1, -0.05) is 13.0 Å². The van der Waals surface area contributed by atoms with Crippen LogP contribution in [-0.4, -0.2) is 22.5 Å². The summed E-state index contributed by atoms with van der Waals surface area (Å²) < 4.78 is 0. The van der Waals surface area contributed by atoms with Crippen LogP contribution in [0.15, 0.2) is 18.2 Å². The summed E-state index contributed by atoms with van der Waals surface area (Å²) in [5.74, 6) is 9.21. The van der Waals surface area contributed by atoms with E-state index in [1.807, 2.05) is 30.0 Å². The molecule has 4 nitrogen and oxygen atoms in total. The number of nitrogens with one attached hydrogen (secondary N) is 2. The molecule has 90 valence electrons. The molecule has 1 aromatic rings. The lowest BCUT2D eigenvalue weighted by atomic mass is 10.2. The Bertz CT molecular complexity index is 306.